The summed E-state index contributed by atoms with van der Waals surface area (Å²) in [5.74, 6) is 0.895. The van der Waals surface area contributed by atoms with Gasteiger partial charge in [0.25, 0.3) is 0 Å². The number of halogens is 1. The van der Waals surface area contributed by atoms with Gasteiger partial charge in [-0.3, -0.25) is 0 Å². The van der Waals surface area contributed by atoms with Crippen LogP contribution >= 0.6 is 15.9 Å². The number of benzene rings is 3. The van der Waals surface area contributed by atoms with Gasteiger partial charge in [0.1, 0.15) is 5.75 Å². The molecule has 188 valence electrons. The largest absolute Gasteiger partial charge is 0.493 e. The molecule has 0 atom stereocenters. The summed E-state index contributed by atoms with van der Waals surface area (Å²) < 4.78 is 32.0. The highest BCUT2D eigenvalue weighted by Gasteiger charge is 2.14. The lowest BCUT2D eigenvalue weighted by molar-refractivity contribution is 0.207. The van der Waals surface area contributed by atoms with E-state index < -0.39 is 9.84 Å². The van der Waals surface area contributed by atoms with Crippen molar-refractivity contribution in [1.82, 2.24) is 4.90 Å². The number of nitrogens with zero attached hydrogens (tertiary/aromatic N) is 1. The summed E-state index contributed by atoms with van der Waals surface area (Å²) in [6, 6.07) is 19.5. The topological polar surface area (TPSA) is 66.8 Å². The Hall–Kier alpha value is -2.19. The number of hydrogen-bond acceptors (Lipinski definition) is 5. The van der Waals surface area contributed by atoms with Gasteiger partial charge >= 0.3 is 0 Å². The molecule has 3 aromatic rings. The first-order valence-electron chi connectivity index (χ1n) is 11.9. The zero-order chi connectivity index (χ0) is 25.4. The van der Waals surface area contributed by atoms with E-state index in [0.29, 0.717) is 24.5 Å². The van der Waals surface area contributed by atoms with Crippen LogP contribution in [0.1, 0.15) is 30.0 Å². The van der Waals surface area contributed by atoms with E-state index in [2.05, 4.69) is 52.0 Å². The predicted octanol–water partition coefficient (Wildman–Crippen LogP) is 5.50. The van der Waals surface area contributed by atoms with Crippen LogP contribution in [0.4, 0.5) is 0 Å². The third-order valence-electron chi connectivity index (χ3n) is 5.98. The van der Waals surface area contributed by atoms with Gasteiger partial charge in [-0.2, -0.15) is 0 Å². The lowest BCUT2D eigenvalue weighted by Crippen LogP contribution is -2.24. The molecule has 0 saturated heterocycles. The highest BCUT2D eigenvalue weighted by atomic mass is 79.9. The van der Waals surface area contributed by atoms with Gasteiger partial charge in [0.05, 0.1) is 23.9 Å². The zero-order valence-electron chi connectivity index (χ0n) is 20.6. The van der Waals surface area contributed by atoms with Crippen LogP contribution < -0.4 is 4.74 Å². The summed E-state index contributed by atoms with van der Waals surface area (Å²) in [6.07, 6.45) is 1.53. The van der Waals surface area contributed by atoms with Gasteiger partial charge in [-0.25, -0.2) is 8.42 Å². The van der Waals surface area contributed by atoms with E-state index >= 15 is 0 Å². The monoisotopic (exact) mass is 559 g/mol. The van der Waals surface area contributed by atoms with Crippen molar-refractivity contribution in [2.24, 2.45) is 0 Å². The molecule has 0 aliphatic carbocycles. The van der Waals surface area contributed by atoms with Crippen molar-refractivity contribution in [3.8, 4) is 16.9 Å². The van der Waals surface area contributed by atoms with Gasteiger partial charge < -0.3 is 14.7 Å². The van der Waals surface area contributed by atoms with E-state index in [0.717, 1.165) is 45.4 Å². The quantitative estimate of drug-likeness (QED) is 0.297. The molecular weight excluding hydrogens is 526 g/mol. The Morgan fingerprint density at radius 1 is 0.971 bits per heavy atom. The Bertz CT molecular complexity index is 1240. The van der Waals surface area contributed by atoms with E-state index in [1.807, 2.05) is 25.2 Å². The number of aryl methyl sites for hydroxylation is 1. The molecule has 0 saturated carbocycles. The molecule has 5 nitrogen and oxygen atoms in total. The van der Waals surface area contributed by atoms with E-state index in [4.69, 9.17) is 9.84 Å². The zero-order valence-corrected chi connectivity index (χ0v) is 23.0. The lowest BCUT2D eigenvalue weighted by atomic mass is 9.98. The molecule has 7 heteroatoms. The molecule has 0 aliphatic heterocycles. The van der Waals surface area contributed by atoms with Crippen LogP contribution in [0.15, 0.2) is 70.0 Å². The number of sulfone groups is 1. The third kappa shape index (κ3) is 7.64. The molecule has 0 spiro atoms. The van der Waals surface area contributed by atoms with Gasteiger partial charge in [0.2, 0.25) is 0 Å². The van der Waals surface area contributed by atoms with Crippen molar-refractivity contribution >= 4 is 25.8 Å². The SMILES string of the molecule is CCS(=O)(=O)c1cccc(-c2ccc(OCCCN(C)CCO)c(Cc3ccc(C)cc3Br)c2)c1. The summed E-state index contributed by atoms with van der Waals surface area (Å²) >= 11 is 3.69. The van der Waals surface area contributed by atoms with Gasteiger partial charge in [0.15, 0.2) is 9.84 Å². The van der Waals surface area contributed by atoms with Crippen molar-refractivity contribution in [3.05, 3.63) is 81.8 Å². The molecular formula is C28H34BrNO4S. The van der Waals surface area contributed by atoms with E-state index in [1.54, 1.807) is 25.1 Å². The van der Waals surface area contributed by atoms with Crippen LogP contribution in [0.3, 0.4) is 0 Å². The molecule has 0 unspecified atom stereocenters. The Labute approximate surface area is 217 Å². The van der Waals surface area contributed by atoms with Crippen molar-refractivity contribution in [3.63, 3.8) is 0 Å². The molecule has 0 radical (unpaired) electrons. The first kappa shape index (κ1) is 27.4. The second kappa shape index (κ2) is 12.7. The molecule has 0 aromatic heterocycles. The van der Waals surface area contributed by atoms with Crippen LogP contribution in [0.25, 0.3) is 11.1 Å². The van der Waals surface area contributed by atoms with Crippen LogP contribution in [0.5, 0.6) is 5.75 Å². The van der Waals surface area contributed by atoms with Gasteiger partial charge in [-0.05, 0) is 78.5 Å². The van der Waals surface area contributed by atoms with E-state index in [1.165, 1.54) is 5.56 Å². The Morgan fingerprint density at radius 3 is 2.46 bits per heavy atom. The Balaban J connectivity index is 1.90. The number of rotatable bonds is 12. The molecule has 0 bridgehead atoms. The highest BCUT2D eigenvalue weighted by molar-refractivity contribution is 9.10. The molecule has 0 amide bonds. The molecule has 0 heterocycles. The van der Waals surface area contributed by atoms with Crippen LogP contribution in [-0.4, -0.2) is 57.5 Å². The predicted molar refractivity (Wildman–Crippen MR) is 146 cm³/mol. The maximum Gasteiger partial charge on any atom is 0.178 e. The van der Waals surface area contributed by atoms with Crippen molar-refractivity contribution < 1.29 is 18.3 Å². The highest BCUT2D eigenvalue weighted by Crippen LogP contribution is 2.32. The Kier molecular flexibility index (Phi) is 9.92. The maximum absolute atomic E-state index is 12.4. The minimum absolute atomic E-state index is 0.0728. The molecule has 35 heavy (non-hydrogen) atoms. The van der Waals surface area contributed by atoms with Crippen molar-refractivity contribution in [1.29, 1.82) is 0 Å². The van der Waals surface area contributed by atoms with Gasteiger partial charge in [-0.15, -0.1) is 0 Å². The van der Waals surface area contributed by atoms with Crippen molar-refractivity contribution in [2.45, 2.75) is 31.6 Å². The fourth-order valence-corrected chi connectivity index (χ4v) is 5.43. The Morgan fingerprint density at radius 2 is 1.74 bits per heavy atom. The second-order valence-corrected chi connectivity index (χ2v) is 11.9. The van der Waals surface area contributed by atoms with Gasteiger partial charge in [-0.1, -0.05) is 53.2 Å². The summed E-state index contributed by atoms with van der Waals surface area (Å²) in [7, 11) is -1.30. The van der Waals surface area contributed by atoms with E-state index in [9.17, 15) is 8.42 Å². The number of aliphatic hydroxyl groups is 1. The first-order valence-corrected chi connectivity index (χ1v) is 14.3. The summed E-state index contributed by atoms with van der Waals surface area (Å²) in [6.45, 7) is 5.93. The van der Waals surface area contributed by atoms with Crippen molar-refractivity contribution in [2.75, 3.05) is 39.1 Å². The van der Waals surface area contributed by atoms with Crippen LogP contribution in [0.2, 0.25) is 0 Å². The fraction of sp³-hybridized carbons (Fsp3) is 0.357. The minimum atomic E-state index is -3.28. The van der Waals surface area contributed by atoms with Gasteiger partial charge in [0, 0.05) is 24.0 Å². The third-order valence-corrected chi connectivity index (χ3v) is 8.45. The summed E-state index contributed by atoms with van der Waals surface area (Å²) in [5.41, 5.74) is 5.20. The average molecular weight is 561 g/mol. The molecule has 0 fully saturated rings. The minimum Gasteiger partial charge on any atom is -0.493 e. The summed E-state index contributed by atoms with van der Waals surface area (Å²) in [4.78, 5) is 2.42. The smallest absolute Gasteiger partial charge is 0.178 e. The number of hydrogen-bond donors (Lipinski definition) is 1. The maximum atomic E-state index is 12.4. The molecule has 3 aromatic carbocycles. The number of aliphatic hydroxyl groups excluding tert-OH is 1. The molecule has 0 aliphatic rings. The fourth-order valence-electron chi connectivity index (χ4n) is 3.87. The molecule has 1 N–H and O–H groups in total. The second-order valence-electron chi connectivity index (χ2n) is 8.75. The summed E-state index contributed by atoms with van der Waals surface area (Å²) in [5, 5.41) is 9.07. The first-order chi connectivity index (χ1) is 16.7. The number of ether oxygens (including phenoxy) is 1. The molecule has 3 rings (SSSR count). The standard InChI is InChI=1S/C28H34BrNO4S/c1-4-35(32,33)26-8-5-7-22(20-26)23-11-12-28(34-16-6-13-30(3)14-15-31)25(18-23)19-24-10-9-21(2)17-27(24)29/h5,7-12,17-18,20,31H,4,6,13-16,19H2,1-3H3. The van der Waals surface area contributed by atoms with E-state index in [-0.39, 0.29) is 12.4 Å². The average Bonchev–Trinajstić information content (AvgIpc) is 2.84. The number of likely N-dealkylation sites (N-methyl/N-ethyl adjacent to an activating group) is 1. The normalized spacial score (nSPS) is 11.7. The van der Waals surface area contributed by atoms with Crippen LogP contribution in [-0.2, 0) is 16.3 Å². The van der Waals surface area contributed by atoms with Crippen LogP contribution in [0, 0.1) is 6.92 Å². The lowest BCUT2D eigenvalue weighted by Gasteiger charge is -2.17.